The van der Waals surface area contributed by atoms with Crippen molar-refractivity contribution in [3.8, 4) is 5.75 Å². The number of hydrogen-bond donors (Lipinski definition) is 2. The molecule has 1 spiro atoms. The molecule has 9 heteroatoms. The standard InChI is InChI=1S/C23H25N3O6/c1-14-7-9-23(10-8-14)21(29)26(22(30)24-23)25-19(27)13-32-20(28)17-11-15-5-3-4-6-16(15)12-18(17)31-2/h3-6,11-12,14H,7-10,13H2,1-2H3,(H,24,30)(H,25,27). The summed E-state index contributed by atoms with van der Waals surface area (Å²) in [5.74, 6) is -1.22. The normalized spacial score (nSPS) is 22.7. The minimum absolute atomic E-state index is 0.171. The van der Waals surface area contributed by atoms with Gasteiger partial charge in [0.25, 0.3) is 11.8 Å². The lowest BCUT2D eigenvalue weighted by Gasteiger charge is -2.33. The van der Waals surface area contributed by atoms with Crippen LogP contribution in [0.15, 0.2) is 36.4 Å². The summed E-state index contributed by atoms with van der Waals surface area (Å²) in [6, 6.07) is 10.1. The van der Waals surface area contributed by atoms with E-state index >= 15 is 0 Å². The van der Waals surface area contributed by atoms with Crippen molar-refractivity contribution in [3.05, 3.63) is 42.0 Å². The van der Waals surface area contributed by atoms with Gasteiger partial charge in [0.2, 0.25) is 0 Å². The third-order valence-electron chi connectivity index (χ3n) is 6.15. The van der Waals surface area contributed by atoms with Crippen LogP contribution in [-0.4, -0.2) is 48.1 Å². The van der Waals surface area contributed by atoms with Crippen LogP contribution in [0.2, 0.25) is 0 Å². The van der Waals surface area contributed by atoms with Gasteiger partial charge in [0.15, 0.2) is 6.61 Å². The predicted molar refractivity (Wildman–Crippen MR) is 115 cm³/mol. The molecule has 0 aromatic heterocycles. The maximum atomic E-state index is 12.8. The lowest BCUT2D eigenvalue weighted by Crippen LogP contribution is -2.52. The molecule has 4 amide bonds. The Morgan fingerprint density at radius 2 is 1.81 bits per heavy atom. The second-order valence-electron chi connectivity index (χ2n) is 8.35. The van der Waals surface area contributed by atoms with E-state index in [1.807, 2.05) is 24.3 Å². The van der Waals surface area contributed by atoms with Crippen LogP contribution in [0, 0.1) is 5.92 Å². The van der Waals surface area contributed by atoms with E-state index in [0.717, 1.165) is 23.6 Å². The number of benzene rings is 2. The quantitative estimate of drug-likeness (QED) is 0.547. The minimum atomic E-state index is -0.966. The number of carbonyl (C=O) groups is 4. The van der Waals surface area contributed by atoms with Crippen molar-refractivity contribution in [1.82, 2.24) is 15.8 Å². The number of ether oxygens (including phenoxy) is 2. The van der Waals surface area contributed by atoms with E-state index in [4.69, 9.17) is 9.47 Å². The van der Waals surface area contributed by atoms with Crippen molar-refractivity contribution < 1.29 is 28.7 Å². The van der Waals surface area contributed by atoms with Crippen molar-refractivity contribution in [2.75, 3.05) is 13.7 Å². The highest BCUT2D eigenvalue weighted by Crippen LogP contribution is 2.35. The fourth-order valence-electron chi connectivity index (χ4n) is 4.23. The van der Waals surface area contributed by atoms with Gasteiger partial charge in [0, 0.05) is 0 Å². The molecule has 1 saturated carbocycles. The number of hydrogen-bond acceptors (Lipinski definition) is 6. The van der Waals surface area contributed by atoms with Gasteiger partial charge in [-0.05, 0) is 54.5 Å². The molecule has 2 fully saturated rings. The van der Waals surface area contributed by atoms with E-state index < -0.39 is 36.0 Å². The zero-order chi connectivity index (χ0) is 22.9. The van der Waals surface area contributed by atoms with Crippen LogP contribution in [-0.2, 0) is 14.3 Å². The Labute approximate surface area is 185 Å². The maximum absolute atomic E-state index is 12.8. The third kappa shape index (κ3) is 3.98. The van der Waals surface area contributed by atoms with Gasteiger partial charge in [-0.15, -0.1) is 0 Å². The number of rotatable bonds is 5. The first-order valence-corrected chi connectivity index (χ1v) is 10.5. The van der Waals surface area contributed by atoms with Crippen molar-refractivity contribution >= 4 is 34.6 Å². The Morgan fingerprint density at radius 1 is 1.16 bits per heavy atom. The SMILES string of the molecule is COc1cc2ccccc2cc1C(=O)OCC(=O)NN1C(=O)NC2(CCC(C)CC2)C1=O. The number of amides is 4. The Bertz CT molecular complexity index is 1090. The summed E-state index contributed by atoms with van der Waals surface area (Å²) in [6.07, 6.45) is 2.70. The number of nitrogens with zero attached hydrogens (tertiary/aromatic N) is 1. The van der Waals surface area contributed by atoms with Gasteiger partial charge >= 0.3 is 12.0 Å². The summed E-state index contributed by atoms with van der Waals surface area (Å²) in [4.78, 5) is 50.0. The molecule has 1 saturated heterocycles. The first kappa shape index (κ1) is 21.6. The van der Waals surface area contributed by atoms with E-state index in [-0.39, 0.29) is 5.56 Å². The van der Waals surface area contributed by atoms with Crippen molar-refractivity contribution in [3.63, 3.8) is 0 Å². The van der Waals surface area contributed by atoms with Gasteiger partial charge in [-0.1, -0.05) is 31.2 Å². The monoisotopic (exact) mass is 439 g/mol. The first-order valence-electron chi connectivity index (χ1n) is 10.5. The molecule has 2 aromatic rings. The van der Waals surface area contributed by atoms with Crippen molar-refractivity contribution in [2.24, 2.45) is 5.92 Å². The van der Waals surface area contributed by atoms with Crippen LogP contribution in [0.1, 0.15) is 43.0 Å². The van der Waals surface area contributed by atoms with E-state index in [0.29, 0.717) is 29.5 Å². The fraction of sp³-hybridized carbons (Fsp3) is 0.391. The third-order valence-corrected chi connectivity index (χ3v) is 6.15. The van der Waals surface area contributed by atoms with Gasteiger partial charge in [-0.25, -0.2) is 9.59 Å². The molecule has 2 aliphatic rings. The fourth-order valence-corrected chi connectivity index (χ4v) is 4.23. The summed E-state index contributed by atoms with van der Waals surface area (Å²) in [7, 11) is 1.44. The summed E-state index contributed by atoms with van der Waals surface area (Å²) in [5.41, 5.74) is 1.45. The molecule has 2 aromatic carbocycles. The Hall–Kier alpha value is -3.62. The van der Waals surface area contributed by atoms with Crippen LogP contribution in [0.4, 0.5) is 4.79 Å². The van der Waals surface area contributed by atoms with Crippen LogP contribution >= 0.6 is 0 Å². The Kier molecular flexibility index (Phi) is 5.73. The van der Waals surface area contributed by atoms with Gasteiger partial charge in [-0.3, -0.25) is 15.0 Å². The van der Waals surface area contributed by atoms with Crippen LogP contribution in [0.5, 0.6) is 5.75 Å². The number of esters is 1. The molecular formula is C23H25N3O6. The van der Waals surface area contributed by atoms with Crippen LogP contribution in [0.3, 0.4) is 0 Å². The summed E-state index contributed by atoms with van der Waals surface area (Å²) in [5, 5.41) is 5.11. The molecule has 0 radical (unpaired) electrons. The predicted octanol–water partition coefficient (Wildman–Crippen LogP) is 2.54. The Balaban J connectivity index is 1.39. The molecule has 1 aliphatic heterocycles. The highest BCUT2D eigenvalue weighted by atomic mass is 16.5. The topological polar surface area (TPSA) is 114 Å². The second-order valence-corrected chi connectivity index (χ2v) is 8.35. The van der Waals surface area contributed by atoms with Crippen molar-refractivity contribution in [2.45, 2.75) is 38.1 Å². The highest BCUT2D eigenvalue weighted by Gasteiger charge is 2.52. The zero-order valence-corrected chi connectivity index (χ0v) is 18.0. The average Bonchev–Trinajstić information content (AvgIpc) is 3.02. The second kappa shape index (κ2) is 8.49. The minimum Gasteiger partial charge on any atom is -0.496 e. The first-order chi connectivity index (χ1) is 15.3. The van der Waals surface area contributed by atoms with Crippen LogP contribution in [0.25, 0.3) is 10.8 Å². The number of carbonyl (C=O) groups excluding carboxylic acids is 4. The number of urea groups is 1. The summed E-state index contributed by atoms with van der Waals surface area (Å²) >= 11 is 0. The van der Waals surface area contributed by atoms with Gasteiger partial charge in [0.05, 0.1) is 7.11 Å². The average molecular weight is 439 g/mol. The van der Waals surface area contributed by atoms with E-state index in [1.54, 1.807) is 12.1 Å². The lowest BCUT2D eigenvalue weighted by atomic mass is 9.77. The molecule has 9 nitrogen and oxygen atoms in total. The van der Waals surface area contributed by atoms with E-state index in [9.17, 15) is 19.2 Å². The lowest BCUT2D eigenvalue weighted by molar-refractivity contribution is -0.141. The van der Waals surface area contributed by atoms with Crippen molar-refractivity contribution in [1.29, 1.82) is 0 Å². The number of nitrogens with one attached hydrogen (secondary N) is 2. The maximum Gasteiger partial charge on any atom is 0.344 e. The summed E-state index contributed by atoms with van der Waals surface area (Å²) < 4.78 is 10.4. The van der Waals surface area contributed by atoms with Gasteiger partial charge in [0.1, 0.15) is 16.9 Å². The summed E-state index contributed by atoms with van der Waals surface area (Å²) in [6.45, 7) is 1.45. The number of methoxy groups -OCH3 is 1. The molecule has 168 valence electrons. The molecular weight excluding hydrogens is 414 g/mol. The van der Waals surface area contributed by atoms with E-state index in [2.05, 4.69) is 17.7 Å². The smallest absolute Gasteiger partial charge is 0.344 e. The molecule has 1 heterocycles. The number of hydrazine groups is 1. The van der Waals surface area contributed by atoms with Crippen LogP contribution < -0.4 is 15.5 Å². The molecule has 32 heavy (non-hydrogen) atoms. The molecule has 2 N–H and O–H groups in total. The highest BCUT2D eigenvalue weighted by molar-refractivity contribution is 6.08. The molecule has 0 atom stereocenters. The molecule has 4 rings (SSSR count). The largest absolute Gasteiger partial charge is 0.496 e. The molecule has 0 bridgehead atoms. The molecule has 1 aliphatic carbocycles. The Morgan fingerprint density at radius 3 is 2.47 bits per heavy atom. The molecule has 0 unspecified atom stereocenters. The van der Waals surface area contributed by atoms with Gasteiger partial charge in [-0.2, -0.15) is 5.01 Å². The van der Waals surface area contributed by atoms with E-state index in [1.165, 1.54) is 7.11 Å². The zero-order valence-electron chi connectivity index (χ0n) is 18.0. The number of fused-ring (bicyclic) bond motifs is 1. The number of imide groups is 1. The van der Waals surface area contributed by atoms with Gasteiger partial charge < -0.3 is 14.8 Å².